The Hall–Kier alpha value is -4.50. The van der Waals surface area contributed by atoms with E-state index in [-0.39, 0.29) is 45.7 Å². The Morgan fingerprint density at radius 2 is 1.50 bits per heavy atom. The van der Waals surface area contributed by atoms with E-state index in [4.69, 9.17) is 16.3 Å². The molecule has 40 heavy (non-hydrogen) atoms. The van der Waals surface area contributed by atoms with Crippen molar-refractivity contribution in [2.45, 2.75) is 25.2 Å². The molecular formula is C30H26ClN3O6. The number of benzene rings is 3. The topological polar surface area (TPSA) is 122 Å². The van der Waals surface area contributed by atoms with Crippen LogP contribution in [0.5, 0.6) is 0 Å². The SMILES string of the molecule is O=C(COC(=O)c1ccc(N2C(=O)[C@@H]3CC[C@H](c4ccccc4)C[C@H]3C2=O)cc1)NNC(=O)c1ccccc1Cl. The summed E-state index contributed by atoms with van der Waals surface area (Å²) in [6.45, 7) is -0.640. The molecule has 0 spiro atoms. The number of anilines is 1. The third kappa shape index (κ3) is 5.60. The lowest BCUT2D eigenvalue weighted by Gasteiger charge is -2.28. The molecule has 2 N–H and O–H groups in total. The fraction of sp³-hybridized carbons (Fsp3) is 0.233. The van der Waals surface area contributed by atoms with Gasteiger partial charge in [-0.3, -0.25) is 34.9 Å². The quantitative estimate of drug-likeness (QED) is 0.267. The summed E-state index contributed by atoms with van der Waals surface area (Å²) in [4.78, 5) is 64.2. The standard InChI is InChI=1S/C30H26ClN3O6/c31-25-9-5-4-8-23(25)27(36)33-32-26(35)17-40-30(39)19-10-13-21(14-11-19)34-28(37)22-15-12-20(16-24(22)29(34)38)18-6-2-1-3-7-18/h1-11,13-14,20,22,24H,12,15-17H2,(H,32,35)(H,33,36)/t20-,22+,24+/m0/s1. The van der Waals surface area contributed by atoms with Gasteiger partial charge < -0.3 is 4.74 Å². The molecule has 204 valence electrons. The summed E-state index contributed by atoms with van der Waals surface area (Å²) >= 11 is 5.95. The van der Waals surface area contributed by atoms with Crippen molar-refractivity contribution in [2.75, 3.05) is 11.5 Å². The Morgan fingerprint density at radius 1 is 0.825 bits per heavy atom. The lowest BCUT2D eigenvalue weighted by Crippen LogP contribution is -2.43. The van der Waals surface area contributed by atoms with Crippen LogP contribution in [0, 0.1) is 11.8 Å². The van der Waals surface area contributed by atoms with Gasteiger partial charge in [0.1, 0.15) is 0 Å². The molecule has 0 radical (unpaired) electrons. The highest BCUT2D eigenvalue weighted by molar-refractivity contribution is 6.33. The first-order chi connectivity index (χ1) is 19.3. The molecule has 1 aliphatic carbocycles. The van der Waals surface area contributed by atoms with E-state index < -0.39 is 24.4 Å². The first-order valence-corrected chi connectivity index (χ1v) is 13.2. The first-order valence-electron chi connectivity index (χ1n) is 12.9. The number of halogens is 1. The molecule has 1 heterocycles. The van der Waals surface area contributed by atoms with Crippen LogP contribution in [0.25, 0.3) is 0 Å². The zero-order chi connectivity index (χ0) is 28.2. The number of hydrazine groups is 1. The largest absolute Gasteiger partial charge is 0.452 e. The maximum Gasteiger partial charge on any atom is 0.338 e. The Kier molecular flexibility index (Phi) is 7.93. The van der Waals surface area contributed by atoms with Crippen LogP contribution in [-0.4, -0.2) is 36.2 Å². The predicted octanol–water partition coefficient (Wildman–Crippen LogP) is 4.03. The van der Waals surface area contributed by atoms with Gasteiger partial charge >= 0.3 is 5.97 Å². The highest BCUT2D eigenvalue weighted by Crippen LogP contribution is 2.45. The summed E-state index contributed by atoms with van der Waals surface area (Å²) in [5.74, 6) is -3.07. The van der Waals surface area contributed by atoms with Gasteiger partial charge in [0, 0.05) is 0 Å². The minimum Gasteiger partial charge on any atom is -0.452 e. The molecule has 2 aliphatic rings. The van der Waals surface area contributed by atoms with Crippen molar-refractivity contribution in [1.29, 1.82) is 0 Å². The number of carbonyl (C=O) groups is 5. The zero-order valence-corrected chi connectivity index (χ0v) is 22.1. The van der Waals surface area contributed by atoms with Crippen LogP contribution in [0.4, 0.5) is 5.69 Å². The van der Waals surface area contributed by atoms with Gasteiger partial charge in [-0.15, -0.1) is 0 Å². The number of rotatable bonds is 6. The molecule has 1 saturated carbocycles. The van der Waals surface area contributed by atoms with Gasteiger partial charge in [-0.25, -0.2) is 4.79 Å². The second-order valence-corrected chi connectivity index (χ2v) is 10.2. The second kappa shape index (κ2) is 11.7. The number of nitrogens with one attached hydrogen (secondary N) is 2. The van der Waals surface area contributed by atoms with Crippen molar-refractivity contribution in [3.63, 3.8) is 0 Å². The minimum absolute atomic E-state index is 0.136. The van der Waals surface area contributed by atoms with Crippen LogP contribution in [-0.2, 0) is 19.1 Å². The second-order valence-electron chi connectivity index (χ2n) is 9.75. The number of fused-ring (bicyclic) bond motifs is 1. The summed E-state index contributed by atoms with van der Waals surface area (Å²) < 4.78 is 5.01. The van der Waals surface area contributed by atoms with Crippen LogP contribution >= 0.6 is 11.6 Å². The molecule has 9 nitrogen and oxygen atoms in total. The number of hydrogen-bond donors (Lipinski definition) is 2. The lowest BCUT2D eigenvalue weighted by atomic mass is 9.73. The Bertz CT molecular complexity index is 1460. The van der Waals surface area contributed by atoms with E-state index in [0.717, 1.165) is 6.42 Å². The van der Waals surface area contributed by atoms with Crippen LogP contribution in [0.1, 0.15) is 51.5 Å². The first kappa shape index (κ1) is 27.1. The monoisotopic (exact) mass is 559 g/mol. The third-order valence-electron chi connectivity index (χ3n) is 7.33. The summed E-state index contributed by atoms with van der Waals surface area (Å²) in [7, 11) is 0. The number of esters is 1. The van der Waals surface area contributed by atoms with E-state index in [1.165, 1.54) is 46.9 Å². The summed E-state index contributed by atoms with van der Waals surface area (Å²) in [6.07, 6.45) is 2.12. The van der Waals surface area contributed by atoms with E-state index in [1.54, 1.807) is 12.1 Å². The molecule has 3 aromatic carbocycles. The summed E-state index contributed by atoms with van der Waals surface area (Å²) in [5.41, 5.74) is 6.23. The van der Waals surface area contributed by atoms with Gasteiger partial charge in [0.15, 0.2) is 6.61 Å². The van der Waals surface area contributed by atoms with E-state index in [0.29, 0.717) is 18.5 Å². The van der Waals surface area contributed by atoms with Crippen molar-refractivity contribution in [2.24, 2.45) is 11.8 Å². The maximum atomic E-state index is 13.3. The van der Waals surface area contributed by atoms with Crippen molar-refractivity contribution < 1.29 is 28.7 Å². The predicted molar refractivity (Wildman–Crippen MR) is 146 cm³/mol. The number of carbonyl (C=O) groups excluding carboxylic acids is 5. The van der Waals surface area contributed by atoms with Crippen LogP contribution in [0.2, 0.25) is 5.02 Å². The van der Waals surface area contributed by atoms with Gasteiger partial charge in [0.05, 0.1) is 33.7 Å². The number of ether oxygens (including phenoxy) is 1. The van der Waals surface area contributed by atoms with Crippen LogP contribution < -0.4 is 15.8 Å². The molecule has 0 aromatic heterocycles. The zero-order valence-electron chi connectivity index (χ0n) is 21.3. The third-order valence-corrected chi connectivity index (χ3v) is 7.66. The van der Waals surface area contributed by atoms with Gasteiger partial charge in [0.25, 0.3) is 11.8 Å². The molecule has 10 heteroatoms. The van der Waals surface area contributed by atoms with E-state index >= 15 is 0 Å². The van der Waals surface area contributed by atoms with Crippen molar-refractivity contribution in [1.82, 2.24) is 10.9 Å². The molecule has 5 rings (SSSR count). The Morgan fingerprint density at radius 3 is 2.23 bits per heavy atom. The van der Waals surface area contributed by atoms with Crippen molar-refractivity contribution in [3.05, 3.63) is 101 Å². The summed E-state index contributed by atoms with van der Waals surface area (Å²) in [6, 6.07) is 22.3. The molecule has 0 unspecified atom stereocenters. The Balaban J connectivity index is 1.15. The Labute approximate surface area is 235 Å². The fourth-order valence-electron chi connectivity index (χ4n) is 5.30. The molecule has 3 aromatic rings. The molecular weight excluding hydrogens is 534 g/mol. The average Bonchev–Trinajstić information content (AvgIpc) is 3.24. The van der Waals surface area contributed by atoms with Crippen LogP contribution in [0.15, 0.2) is 78.9 Å². The van der Waals surface area contributed by atoms with Crippen LogP contribution in [0.3, 0.4) is 0 Å². The van der Waals surface area contributed by atoms with E-state index in [9.17, 15) is 24.0 Å². The lowest BCUT2D eigenvalue weighted by molar-refractivity contribution is -0.125. The maximum absolute atomic E-state index is 13.3. The highest BCUT2D eigenvalue weighted by Gasteiger charge is 2.50. The number of nitrogens with zero attached hydrogens (tertiary/aromatic N) is 1. The van der Waals surface area contributed by atoms with Crippen molar-refractivity contribution in [3.8, 4) is 0 Å². The van der Waals surface area contributed by atoms with Gasteiger partial charge in [-0.2, -0.15) is 0 Å². The number of amides is 4. The van der Waals surface area contributed by atoms with Gasteiger partial charge in [-0.05, 0) is 67.1 Å². The molecule has 3 atom stereocenters. The smallest absolute Gasteiger partial charge is 0.338 e. The fourth-order valence-corrected chi connectivity index (χ4v) is 5.52. The minimum atomic E-state index is -0.780. The molecule has 4 amide bonds. The highest BCUT2D eigenvalue weighted by atomic mass is 35.5. The number of imide groups is 1. The molecule has 1 saturated heterocycles. The van der Waals surface area contributed by atoms with Crippen molar-refractivity contribution >= 4 is 46.9 Å². The normalized spacial score (nSPS) is 20.0. The molecule has 2 fully saturated rings. The summed E-state index contributed by atoms with van der Waals surface area (Å²) in [5, 5.41) is 0.219. The molecule has 0 bridgehead atoms. The van der Waals surface area contributed by atoms with Gasteiger partial charge in [-0.1, -0.05) is 54.1 Å². The average molecular weight is 560 g/mol. The van der Waals surface area contributed by atoms with E-state index in [1.807, 2.05) is 18.2 Å². The van der Waals surface area contributed by atoms with Gasteiger partial charge in [0.2, 0.25) is 11.8 Å². The number of hydrogen-bond acceptors (Lipinski definition) is 6. The van der Waals surface area contributed by atoms with E-state index in [2.05, 4.69) is 23.0 Å². The molecule has 1 aliphatic heterocycles.